The number of hydrogen-bond donors (Lipinski definition) is 1. The predicted octanol–water partition coefficient (Wildman–Crippen LogP) is 0.494. The summed E-state index contributed by atoms with van der Waals surface area (Å²) in [5.74, 6) is 2.70. The molecule has 1 aliphatic rings. The highest BCUT2D eigenvalue weighted by atomic mass is 127. The van der Waals surface area contributed by atoms with Gasteiger partial charge in [0.2, 0.25) is 0 Å². The maximum Gasteiger partial charge on any atom is 0.193 e. The van der Waals surface area contributed by atoms with Crippen molar-refractivity contribution in [3.05, 3.63) is 11.6 Å². The number of aromatic nitrogens is 3. The van der Waals surface area contributed by atoms with Gasteiger partial charge in [0, 0.05) is 40.7 Å². The molecular formula is C12H23IN6O. The summed E-state index contributed by atoms with van der Waals surface area (Å²) in [7, 11) is 7.42. The Balaban J connectivity index is 0.00000200. The van der Waals surface area contributed by atoms with E-state index in [0.29, 0.717) is 12.6 Å². The summed E-state index contributed by atoms with van der Waals surface area (Å²) in [6.45, 7) is 1.29. The summed E-state index contributed by atoms with van der Waals surface area (Å²) in [5.41, 5.74) is 0. The van der Waals surface area contributed by atoms with Crippen molar-refractivity contribution in [1.82, 2.24) is 25.0 Å². The Morgan fingerprint density at radius 2 is 2.30 bits per heavy atom. The highest BCUT2D eigenvalue weighted by Crippen LogP contribution is 2.13. The van der Waals surface area contributed by atoms with E-state index in [4.69, 9.17) is 4.74 Å². The first kappa shape index (κ1) is 17.2. The Morgan fingerprint density at radius 3 is 2.90 bits per heavy atom. The molecule has 0 amide bonds. The lowest BCUT2D eigenvalue weighted by molar-refractivity contribution is 0.177. The van der Waals surface area contributed by atoms with E-state index in [1.165, 1.54) is 0 Å². The van der Waals surface area contributed by atoms with Gasteiger partial charge in [-0.05, 0) is 6.42 Å². The topological polar surface area (TPSA) is 67.6 Å². The van der Waals surface area contributed by atoms with Crippen LogP contribution in [0, 0.1) is 0 Å². The van der Waals surface area contributed by atoms with E-state index in [1.807, 2.05) is 23.7 Å². The van der Waals surface area contributed by atoms with Crippen LogP contribution in [-0.4, -0.2) is 59.9 Å². The average Bonchev–Trinajstić information content (AvgIpc) is 2.77. The Kier molecular flexibility index (Phi) is 6.66. The lowest BCUT2D eigenvalue weighted by Crippen LogP contribution is -2.46. The Morgan fingerprint density at radius 1 is 1.55 bits per heavy atom. The molecule has 8 heteroatoms. The van der Waals surface area contributed by atoms with Gasteiger partial charge in [0.25, 0.3) is 0 Å². The van der Waals surface area contributed by atoms with Crippen molar-refractivity contribution in [2.45, 2.75) is 32.0 Å². The van der Waals surface area contributed by atoms with Crippen LogP contribution >= 0.6 is 24.0 Å². The minimum Gasteiger partial charge on any atom is -0.377 e. The molecule has 0 bridgehead atoms. The molecule has 0 aliphatic carbocycles. The number of aliphatic imine (C=N–C) groups is 1. The second kappa shape index (κ2) is 7.77. The Labute approximate surface area is 136 Å². The Hall–Kier alpha value is -0.900. The summed E-state index contributed by atoms with van der Waals surface area (Å²) in [4.78, 5) is 10.7. The van der Waals surface area contributed by atoms with Crippen molar-refractivity contribution in [2.75, 3.05) is 28.3 Å². The number of nitrogens with zero attached hydrogens (tertiary/aromatic N) is 5. The minimum atomic E-state index is 0. The van der Waals surface area contributed by atoms with Crippen LogP contribution in [0.2, 0.25) is 0 Å². The molecule has 0 saturated carbocycles. The lowest BCUT2D eigenvalue weighted by atomic mass is 10.1. The smallest absolute Gasteiger partial charge is 0.193 e. The molecule has 1 aromatic rings. The molecule has 1 N–H and O–H groups in total. The minimum absolute atomic E-state index is 0. The van der Waals surface area contributed by atoms with Crippen LogP contribution in [0.5, 0.6) is 0 Å². The summed E-state index contributed by atoms with van der Waals surface area (Å²) in [5, 5.41) is 7.90. The summed E-state index contributed by atoms with van der Waals surface area (Å²) in [6, 6.07) is 0.339. The van der Waals surface area contributed by atoms with Crippen LogP contribution in [0.3, 0.4) is 0 Å². The van der Waals surface area contributed by atoms with Crippen molar-refractivity contribution in [3.63, 3.8) is 0 Å². The van der Waals surface area contributed by atoms with E-state index >= 15 is 0 Å². The molecule has 0 saturated heterocycles. The van der Waals surface area contributed by atoms with Crippen molar-refractivity contribution in [3.8, 4) is 0 Å². The predicted molar refractivity (Wildman–Crippen MR) is 88.4 cm³/mol. The van der Waals surface area contributed by atoms with Crippen molar-refractivity contribution in [2.24, 2.45) is 4.99 Å². The molecule has 7 nitrogen and oxygen atoms in total. The zero-order valence-corrected chi connectivity index (χ0v) is 14.8. The van der Waals surface area contributed by atoms with E-state index in [1.54, 1.807) is 14.2 Å². The van der Waals surface area contributed by atoms with Crippen LogP contribution in [-0.2, 0) is 24.3 Å². The van der Waals surface area contributed by atoms with Gasteiger partial charge in [-0.1, -0.05) is 0 Å². The molecule has 114 valence electrons. The molecule has 2 rings (SSSR count). The molecule has 0 aromatic carbocycles. The largest absolute Gasteiger partial charge is 0.377 e. The number of ether oxygens (including phenoxy) is 1. The molecule has 1 aliphatic heterocycles. The van der Waals surface area contributed by atoms with Gasteiger partial charge in [-0.3, -0.25) is 4.99 Å². The maximum atomic E-state index is 5.07. The number of halogens is 1. The molecule has 0 spiro atoms. The maximum absolute atomic E-state index is 5.07. The zero-order chi connectivity index (χ0) is 13.8. The van der Waals surface area contributed by atoms with Crippen LogP contribution in [0.25, 0.3) is 0 Å². The average molecular weight is 394 g/mol. The second-order valence-electron chi connectivity index (χ2n) is 4.88. The van der Waals surface area contributed by atoms with Gasteiger partial charge in [-0.25, -0.2) is 9.67 Å². The lowest BCUT2D eigenvalue weighted by Gasteiger charge is -2.27. The number of aryl methyl sites for hydroxylation is 1. The Bertz CT molecular complexity index is 459. The number of hydrogen-bond acceptors (Lipinski definition) is 4. The summed E-state index contributed by atoms with van der Waals surface area (Å²) in [6.07, 6.45) is 1.97. The third-order valence-corrected chi connectivity index (χ3v) is 3.14. The first-order valence-electron chi connectivity index (χ1n) is 6.46. The second-order valence-corrected chi connectivity index (χ2v) is 4.88. The van der Waals surface area contributed by atoms with Crippen LogP contribution in [0.15, 0.2) is 4.99 Å². The van der Waals surface area contributed by atoms with Crippen molar-refractivity contribution >= 4 is 29.9 Å². The molecule has 1 unspecified atom stereocenters. The molecule has 1 atom stereocenters. The quantitative estimate of drug-likeness (QED) is 0.460. The van der Waals surface area contributed by atoms with E-state index in [9.17, 15) is 0 Å². The van der Waals surface area contributed by atoms with Gasteiger partial charge in [0.05, 0.1) is 6.54 Å². The van der Waals surface area contributed by atoms with E-state index in [0.717, 1.165) is 37.0 Å². The van der Waals surface area contributed by atoms with Crippen LogP contribution in [0.1, 0.15) is 18.1 Å². The number of rotatable bonds is 3. The van der Waals surface area contributed by atoms with Crippen LogP contribution < -0.4 is 5.32 Å². The monoisotopic (exact) mass is 394 g/mol. The SMILES string of the molecule is CN=C(NC1CCc2nc(COC)nn2C1)N(C)C.I. The first-order valence-corrected chi connectivity index (χ1v) is 6.46. The number of methoxy groups -OCH3 is 1. The molecule has 0 radical (unpaired) electrons. The fourth-order valence-corrected chi connectivity index (χ4v) is 2.24. The van der Waals surface area contributed by atoms with Crippen LogP contribution in [0.4, 0.5) is 0 Å². The van der Waals surface area contributed by atoms with Gasteiger partial charge in [-0.15, -0.1) is 24.0 Å². The van der Waals surface area contributed by atoms with Gasteiger partial charge in [0.1, 0.15) is 12.4 Å². The van der Waals surface area contributed by atoms with Crippen molar-refractivity contribution < 1.29 is 4.74 Å². The zero-order valence-electron chi connectivity index (χ0n) is 12.5. The molecule has 20 heavy (non-hydrogen) atoms. The summed E-state index contributed by atoms with van der Waals surface area (Å²) >= 11 is 0. The van der Waals surface area contributed by atoms with Gasteiger partial charge in [0.15, 0.2) is 11.8 Å². The van der Waals surface area contributed by atoms with Gasteiger partial charge in [-0.2, -0.15) is 5.10 Å². The number of guanidine groups is 1. The van der Waals surface area contributed by atoms with E-state index < -0.39 is 0 Å². The fraction of sp³-hybridized carbons (Fsp3) is 0.750. The molecule has 2 heterocycles. The van der Waals surface area contributed by atoms with Gasteiger partial charge >= 0.3 is 0 Å². The third kappa shape index (κ3) is 4.05. The number of fused-ring (bicyclic) bond motifs is 1. The third-order valence-electron chi connectivity index (χ3n) is 3.14. The molecule has 1 aromatic heterocycles. The highest BCUT2D eigenvalue weighted by Gasteiger charge is 2.22. The standard InChI is InChI=1S/C12H22N6O.HI/c1-13-12(17(2)3)14-9-5-6-11-15-10(8-19-4)16-18(11)7-9;/h9H,5-8H2,1-4H3,(H,13,14);1H. The van der Waals surface area contributed by atoms with E-state index in [-0.39, 0.29) is 24.0 Å². The van der Waals surface area contributed by atoms with Crippen molar-refractivity contribution in [1.29, 1.82) is 0 Å². The van der Waals surface area contributed by atoms with E-state index in [2.05, 4.69) is 20.4 Å². The normalized spacial score (nSPS) is 18.2. The van der Waals surface area contributed by atoms with Gasteiger partial charge < -0.3 is 15.0 Å². The molecular weight excluding hydrogens is 371 g/mol. The molecule has 0 fully saturated rings. The summed E-state index contributed by atoms with van der Waals surface area (Å²) < 4.78 is 7.04. The highest BCUT2D eigenvalue weighted by molar-refractivity contribution is 14.0. The fourth-order valence-electron chi connectivity index (χ4n) is 2.24. The first-order chi connectivity index (χ1) is 9.13. The number of nitrogens with one attached hydrogen (secondary N) is 1.